The molecule has 0 spiro atoms. The Morgan fingerprint density at radius 3 is 2.29 bits per heavy atom. The molecule has 100 valence electrons. The second-order valence-corrected chi connectivity index (χ2v) is 5.35. The Balaban J connectivity index is 4.45. The molecule has 0 aromatic carbocycles. The van der Waals surface area contributed by atoms with E-state index in [0.29, 0.717) is 6.04 Å². The van der Waals surface area contributed by atoms with Gasteiger partial charge >= 0.3 is 0 Å². The van der Waals surface area contributed by atoms with Crippen LogP contribution in [0.2, 0.25) is 0 Å². The predicted octanol–water partition coefficient (Wildman–Crippen LogP) is 2.63. The van der Waals surface area contributed by atoms with E-state index < -0.39 is 5.54 Å². The van der Waals surface area contributed by atoms with E-state index in [1.54, 1.807) is 0 Å². The minimum atomic E-state index is -0.414. The van der Waals surface area contributed by atoms with Crippen LogP contribution in [-0.4, -0.2) is 36.6 Å². The van der Waals surface area contributed by atoms with E-state index in [-0.39, 0.29) is 0 Å². The van der Waals surface area contributed by atoms with E-state index in [1.807, 2.05) is 14.0 Å². The lowest BCUT2D eigenvalue weighted by molar-refractivity contribution is 0.163. The molecular weight excluding hydrogens is 210 g/mol. The zero-order valence-corrected chi connectivity index (χ0v) is 12.4. The zero-order valence-electron chi connectivity index (χ0n) is 12.4. The van der Waals surface area contributed by atoms with Gasteiger partial charge in [0.2, 0.25) is 0 Å². The Morgan fingerprint density at radius 2 is 1.94 bits per heavy atom. The molecule has 3 atom stereocenters. The summed E-state index contributed by atoms with van der Waals surface area (Å²) in [6, 6.07) is 2.80. The highest BCUT2D eigenvalue weighted by molar-refractivity contribution is 5.04. The fourth-order valence-electron chi connectivity index (χ4n) is 2.07. The van der Waals surface area contributed by atoms with Crippen LogP contribution in [0.25, 0.3) is 0 Å². The van der Waals surface area contributed by atoms with Crippen molar-refractivity contribution in [3.63, 3.8) is 0 Å². The third-order valence-corrected chi connectivity index (χ3v) is 3.77. The standard InChI is InChI=1S/C14H29N3/c1-7-12(3)10-17(8-2)13(4)9-14(5,11-15)16-6/h12-13,16H,7-10H2,1-6H3. The van der Waals surface area contributed by atoms with Gasteiger partial charge in [0, 0.05) is 12.6 Å². The lowest BCUT2D eigenvalue weighted by Gasteiger charge is -2.34. The molecule has 3 nitrogen and oxygen atoms in total. The summed E-state index contributed by atoms with van der Waals surface area (Å²) in [6.07, 6.45) is 2.08. The van der Waals surface area contributed by atoms with Gasteiger partial charge in [0.05, 0.1) is 6.07 Å². The lowest BCUT2D eigenvalue weighted by atomic mass is 9.94. The summed E-state index contributed by atoms with van der Waals surface area (Å²) >= 11 is 0. The Labute approximate surface area is 107 Å². The maximum atomic E-state index is 9.19. The molecule has 0 aliphatic carbocycles. The van der Waals surface area contributed by atoms with Crippen molar-refractivity contribution in [2.75, 3.05) is 20.1 Å². The van der Waals surface area contributed by atoms with Crippen LogP contribution in [0.3, 0.4) is 0 Å². The van der Waals surface area contributed by atoms with Gasteiger partial charge in [-0.15, -0.1) is 0 Å². The van der Waals surface area contributed by atoms with Crippen molar-refractivity contribution >= 4 is 0 Å². The Kier molecular flexibility index (Phi) is 7.41. The monoisotopic (exact) mass is 239 g/mol. The second-order valence-electron chi connectivity index (χ2n) is 5.35. The molecule has 3 unspecified atom stereocenters. The highest BCUT2D eigenvalue weighted by Crippen LogP contribution is 2.17. The van der Waals surface area contributed by atoms with E-state index >= 15 is 0 Å². The smallest absolute Gasteiger partial charge is 0.105 e. The average Bonchev–Trinajstić information content (AvgIpc) is 2.34. The minimum Gasteiger partial charge on any atom is -0.303 e. The number of hydrogen-bond donors (Lipinski definition) is 1. The molecule has 0 bridgehead atoms. The Bertz CT molecular complexity index is 246. The van der Waals surface area contributed by atoms with Crippen LogP contribution in [0.5, 0.6) is 0 Å². The number of nitriles is 1. The highest BCUT2D eigenvalue weighted by Gasteiger charge is 2.27. The van der Waals surface area contributed by atoms with Gasteiger partial charge in [0.1, 0.15) is 5.54 Å². The number of nitrogens with zero attached hydrogens (tertiary/aromatic N) is 2. The number of rotatable bonds is 8. The molecule has 1 N–H and O–H groups in total. The van der Waals surface area contributed by atoms with E-state index in [4.69, 9.17) is 0 Å². The molecule has 0 fully saturated rings. The van der Waals surface area contributed by atoms with Crippen molar-refractivity contribution in [1.29, 1.82) is 5.26 Å². The van der Waals surface area contributed by atoms with Crippen LogP contribution in [0.1, 0.15) is 47.5 Å². The molecule has 0 saturated carbocycles. The van der Waals surface area contributed by atoms with E-state index in [0.717, 1.165) is 25.4 Å². The maximum absolute atomic E-state index is 9.19. The molecule has 0 aromatic heterocycles. The molecule has 17 heavy (non-hydrogen) atoms. The van der Waals surface area contributed by atoms with E-state index in [1.165, 1.54) is 6.42 Å². The van der Waals surface area contributed by atoms with Crippen molar-refractivity contribution in [2.45, 2.75) is 59.0 Å². The van der Waals surface area contributed by atoms with E-state index in [9.17, 15) is 5.26 Å². The Morgan fingerprint density at radius 1 is 1.35 bits per heavy atom. The molecule has 0 aliphatic rings. The van der Waals surface area contributed by atoms with Crippen LogP contribution < -0.4 is 5.32 Å². The molecule has 0 aliphatic heterocycles. The average molecular weight is 239 g/mol. The third kappa shape index (κ3) is 5.52. The predicted molar refractivity (Wildman–Crippen MR) is 73.9 cm³/mol. The van der Waals surface area contributed by atoms with Crippen LogP contribution in [0.4, 0.5) is 0 Å². The zero-order chi connectivity index (χ0) is 13.5. The third-order valence-electron chi connectivity index (χ3n) is 3.77. The molecule has 0 heterocycles. The fraction of sp³-hybridized carbons (Fsp3) is 0.929. The summed E-state index contributed by atoms with van der Waals surface area (Å²) in [5.74, 6) is 0.723. The first-order valence-electron chi connectivity index (χ1n) is 6.76. The normalized spacial score (nSPS) is 18.5. The number of nitrogens with one attached hydrogen (secondary N) is 1. The SMILES string of the molecule is CCC(C)CN(CC)C(C)CC(C)(C#N)NC. The summed E-state index contributed by atoms with van der Waals surface area (Å²) in [5.41, 5.74) is -0.414. The summed E-state index contributed by atoms with van der Waals surface area (Å²) in [7, 11) is 1.86. The first-order valence-corrected chi connectivity index (χ1v) is 6.76. The first-order chi connectivity index (χ1) is 7.92. The maximum Gasteiger partial charge on any atom is 0.105 e. The molecule has 0 aromatic rings. The quantitative estimate of drug-likeness (QED) is 0.708. The lowest BCUT2D eigenvalue weighted by Crippen LogP contribution is -2.46. The summed E-state index contributed by atoms with van der Waals surface area (Å²) in [6.45, 7) is 13.1. The van der Waals surface area contributed by atoms with Gasteiger partial charge in [0.15, 0.2) is 0 Å². The largest absolute Gasteiger partial charge is 0.303 e. The number of hydrogen-bond acceptors (Lipinski definition) is 3. The van der Waals surface area contributed by atoms with E-state index in [2.05, 4.69) is 44.0 Å². The van der Waals surface area contributed by atoms with Crippen LogP contribution in [0, 0.1) is 17.2 Å². The van der Waals surface area contributed by atoms with Crippen molar-refractivity contribution in [3.8, 4) is 6.07 Å². The highest BCUT2D eigenvalue weighted by atomic mass is 15.2. The molecule has 3 heteroatoms. The van der Waals surface area contributed by atoms with Crippen molar-refractivity contribution in [1.82, 2.24) is 10.2 Å². The van der Waals surface area contributed by atoms with Crippen LogP contribution >= 0.6 is 0 Å². The second kappa shape index (κ2) is 7.68. The summed E-state index contributed by atoms with van der Waals surface area (Å²) < 4.78 is 0. The molecular formula is C14H29N3. The van der Waals surface area contributed by atoms with Crippen molar-refractivity contribution in [3.05, 3.63) is 0 Å². The fourth-order valence-corrected chi connectivity index (χ4v) is 2.07. The van der Waals surface area contributed by atoms with Gasteiger partial charge < -0.3 is 10.2 Å². The van der Waals surface area contributed by atoms with Crippen molar-refractivity contribution in [2.24, 2.45) is 5.92 Å². The van der Waals surface area contributed by atoms with Gasteiger partial charge in [0.25, 0.3) is 0 Å². The summed E-state index contributed by atoms with van der Waals surface area (Å²) in [4.78, 5) is 2.47. The molecule has 0 saturated heterocycles. The molecule has 0 amide bonds. The first kappa shape index (κ1) is 16.4. The van der Waals surface area contributed by atoms with Gasteiger partial charge in [-0.05, 0) is 39.8 Å². The van der Waals surface area contributed by atoms with Crippen LogP contribution in [0.15, 0.2) is 0 Å². The van der Waals surface area contributed by atoms with Gasteiger partial charge in [-0.25, -0.2) is 0 Å². The Hall–Kier alpha value is -0.590. The summed E-state index contributed by atoms with van der Waals surface area (Å²) in [5, 5.41) is 12.3. The molecule has 0 radical (unpaired) electrons. The van der Waals surface area contributed by atoms with Gasteiger partial charge in [-0.3, -0.25) is 0 Å². The molecule has 0 rings (SSSR count). The topological polar surface area (TPSA) is 39.1 Å². The van der Waals surface area contributed by atoms with Crippen molar-refractivity contribution < 1.29 is 0 Å². The van der Waals surface area contributed by atoms with Crippen LogP contribution in [-0.2, 0) is 0 Å². The van der Waals surface area contributed by atoms with Gasteiger partial charge in [-0.2, -0.15) is 5.26 Å². The van der Waals surface area contributed by atoms with Gasteiger partial charge in [-0.1, -0.05) is 27.2 Å². The minimum absolute atomic E-state index is 0.414.